The molecule has 2 aromatic rings. The highest BCUT2D eigenvalue weighted by Gasteiger charge is 2.28. The molecule has 1 aromatic carbocycles. The molecule has 1 heterocycles. The van der Waals surface area contributed by atoms with E-state index in [0.717, 1.165) is 18.5 Å². The molecule has 5 nitrogen and oxygen atoms in total. The lowest BCUT2D eigenvalue weighted by molar-refractivity contribution is -0.136. The van der Waals surface area contributed by atoms with Gasteiger partial charge in [-0.15, -0.1) is 0 Å². The number of hydrogen-bond donors (Lipinski definition) is 2. The first-order valence-corrected chi connectivity index (χ1v) is 7.97. The number of nitrogens with one attached hydrogen (secondary N) is 1. The SMILES string of the molecule is Cc1coc(CC(=O)O)c1C(=O)Nc1ccc2c(c1)CC(C)(C)C2. The van der Waals surface area contributed by atoms with E-state index in [0.29, 0.717) is 11.1 Å². The van der Waals surface area contributed by atoms with Gasteiger partial charge in [-0.25, -0.2) is 0 Å². The number of carbonyl (C=O) groups excluding carboxylic acids is 1. The summed E-state index contributed by atoms with van der Waals surface area (Å²) in [5, 5.41) is 11.8. The number of carboxylic acids is 1. The summed E-state index contributed by atoms with van der Waals surface area (Å²) in [7, 11) is 0. The molecule has 0 bridgehead atoms. The van der Waals surface area contributed by atoms with E-state index in [4.69, 9.17) is 9.52 Å². The summed E-state index contributed by atoms with van der Waals surface area (Å²) in [5.74, 6) is -1.19. The molecule has 1 aliphatic rings. The maximum Gasteiger partial charge on any atom is 0.311 e. The second-order valence-corrected chi connectivity index (χ2v) is 7.24. The summed E-state index contributed by atoms with van der Waals surface area (Å²) in [6.45, 7) is 6.20. The van der Waals surface area contributed by atoms with Crippen LogP contribution in [0.2, 0.25) is 0 Å². The molecule has 0 atom stereocenters. The largest absolute Gasteiger partial charge is 0.481 e. The van der Waals surface area contributed by atoms with E-state index in [1.807, 2.05) is 12.1 Å². The summed E-state index contributed by atoms with van der Waals surface area (Å²) >= 11 is 0. The Bertz CT molecular complexity index is 817. The van der Waals surface area contributed by atoms with Crippen molar-refractivity contribution >= 4 is 17.6 Å². The molecule has 1 aliphatic carbocycles. The lowest BCUT2D eigenvalue weighted by atomic mass is 9.90. The average molecular weight is 327 g/mol. The number of aryl methyl sites for hydroxylation is 1. The van der Waals surface area contributed by atoms with E-state index < -0.39 is 5.97 Å². The van der Waals surface area contributed by atoms with Crippen LogP contribution in [0.25, 0.3) is 0 Å². The first kappa shape index (κ1) is 16.3. The highest BCUT2D eigenvalue weighted by atomic mass is 16.4. The Morgan fingerprint density at radius 3 is 2.67 bits per heavy atom. The fourth-order valence-corrected chi connectivity index (χ4v) is 3.40. The van der Waals surface area contributed by atoms with Crippen LogP contribution in [0.4, 0.5) is 5.69 Å². The van der Waals surface area contributed by atoms with Crippen molar-refractivity contribution in [1.29, 1.82) is 0 Å². The van der Waals surface area contributed by atoms with Crippen LogP contribution >= 0.6 is 0 Å². The molecule has 0 radical (unpaired) electrons. The molecule has 0 saturated carbocycles. The van der Waals surface area contributed by atoms with Gasteiger partial charge in [0.05, 0.1) is 11.8 Å². The summed E-state index contributed by atoms with van der Waals surface area (Å²) in [5.41, 5.74) is 4.49. The quantitative estimate of drug-likeness (QED) is 0.899. The van der Waals surface area contributed by atoms with E-state index in [2.05, 4.69) is 25.2 Å². The van der Waals surface area contributed by atoms with Gasteiger partial charge in [-0.3, -0.25) is 9.59 Å². The molecular formula is C19H21NO4. The summed E-state index contributed by atoms with van der Waals surface area (Å²) in [6, 6.07) is 5.96. The topological polar surface area (TPSA) is 79.5 Å². The Morgan fingerprint density at radius 2 is 1.96 bits per heavy atom. The van der Waals surface area contributed by atoms with Gasteiger partial charge in [-0.05, 0) is 48.4 Å². The maximum absolute atomic E-state index is 12.6. The number of hydrogen-bond acceptors (Lipinski definition) is 3. The van der Waals surface area contributed by atoms with Crippen molar-refractivity contribution in [2.45, 2.75) is 40.0 Å². The highest BCUT2D eigenvalue weighted by Crippen LogP contribution is 2.37. The predicted octanol–water partition coefficient (Wildman–Crippen LogP) is 3.59. The van der Waals surface area contributed by atoms with Gasteiger partial charge < -0.3 is 14.8 Å². The second-order valence-electron chi connectivity index (χ2n) is 7.24. The number of anilines is 1. The van der Waals surface area contributed by atoms with Gasteiger partial charge in [0, 0.05) is 11.3 Å². The van der Waals surface area contributed by atoms with Crippen molar-refractivity contribution in [2.24, 2.45) is 5.41 Å². The zero-order valence-electron chi connectivity index (χ0n) is 14.1. The highest BCUT2D eigenvalue weighted by molar-refractivity contribution is 6.06. The molecule has 126 valence electrons. The number of aliphatic carboxylic acids is 1. The second kappa shape index (κ2) is 5.82. The average Bonchev–Trinajstić information content (AvgIpc) is 2.96. The van der Waals surface area contributed by atoms with Crippen molar-refractivity contribution in [2.75, 3.05) is 5.32 Å². The minimum atomic E-state index is -1.03. The Hall–Kier alpha value is -2.56. The zero-order chi connectivity index (χ0) is 17.5. The molecule has 2 N–H and O–H groups in total. The van der Waals surface area contributed by atoms with Crippen LogP contribution in [0, 0.1) is 12.3 Å². The Morgan fingerprint density at radius 1 is 1.25 bits per heavy atom. The maximum atomic E-state index is 12.6. The van der Waals surface area contributed by atoms with Gasteiger partial charge in [-0.1, -0.05) is 19.9 Å². The number of carbonyl (C=O) groups is 2. The van der Waals surface area contributed by atoms with E-state index in [9.17, 15) is 9.59 Å². The molecule has 5 heteroatoms. The minimum Gasteiger partial charge on any atom is -0.481 e. The number of benzene rings is 1. The summed E-state index contributed by atoms with van der Waals surface area (Å²) < 4.78 is 5.22. The smallest absolute Gasteiger partial charge is 0.311 e. The van der Waals surface area contributed by atoms with Crippen LogP contribution in [0.3, 0.4) is 0 Å². The third-order valence-electron chi connectivity index (χ3n) is 4.39. The van der Waals surface area contributed by atoms with E-state index in [1.54, 1.807) is 6.92 Å². The monoisotopic (exact) mass is 327 g/mol. The predicted molar refractivity (Wildman–Crippen MR) is 90.4 cm³/mol. The van der Waals surface area contributed by atoms with Gasteiger partial charge >= 0.3 is 5.97 Å². The van der Waals surface area contributed by atoms with Crippen LogP contribution in [0.1, 0.15) is 46.7 Å². The zero-order valence-corrected chi connectivity index (χ0v) is 14.1. The molecule has 0 aliphatic heterocycles. The van der Waals surface area contributed by atoms with E-state index in [-0.39, 0.29) is 23.5 Å². The van der Waals surface area contributed by atoms with Gasteiger partial charge in [0.25, 0.3) is 5.91 Å². The van der Waals surface area contributed by atoms with Gasteiger partial charge in [0.15, 0.2) is 0 Å². The fraction of sp³-hybridized carbons (Fsp3) is 0.368. The van der Waals surface area contributed by atoms with Crippen molar-refractivity contribution in [3.63, 3.8) is 0 Å². The normalized spacial score (nSPS) is 15.1. The number of carboxylic acid groups (broad SMARTS) is 1. The van der Waals surface area contributed by atoms with Gasteiger partial charge in [0.1, 0.15) is 12.2 Å². The van der Waals surface area contributed by atoms with Gasteiger partial charge in [0.2, 0.25) is 0 Å². The van der Waals surface area contributed by atoms with Crippen molar-refractivity contribution in [3.05, 3.63) is 52.5 Å². The third kappa shape index (κ3) is 3.20. The summed E-state index contributed by atoms with van der Waals surface area (Å²) in [4.78, 5) is 23.5. The Kier molecular flexibility index (Phi) is 3.95. The molecular weight excluding hydrogens is 306 g/mol. The van der Waals surface area contributed by atoms with Crippen LogP contribution in [-0.2, 0) is 24.1 Å². The molecule has 1 aromatic heterocycles. The molecule has 1 amide bonds. The minimum absolute atomic E-state index is 0.180. The molecule has 0 unspecified atom stereocenters. The van der Waals surface area contributed by atoms with E-state index in [1.165, 1.54) is 17.4 Å². The van der Waals surface area contributed by atoms with Crippen LogP contribution < -0.4 is 5.32 Å². The number of furan rings is 1. The number of fused-ring (bicyclic) bond motifs is 1. The third-order valence-corrected chi connectivity index (χ3v) is 4.39. The van der Waals surface area contributed by atoms with Crippen LogP contribution in [0.15, 0.2) is 28.9 Å². The molecule has 0 fully saturated rings. The first-order chi connectivity index (χ1) is 11.2. The van der Waals surface area contributed by atoms with Crippen molar-refractivity contribution < 1.29 is 19.1 Å². The molecule has 0 spiro atoms. The van der Waals surface area contributed by atoms with Crippen molar-refractivity contribution in [1.82, 2.24) is 0 Å². The van der Waals surface area contributed by atoms with E-state index >= 15 is 0 Å². The Labute approximate surface area is 140 Å². The van der Waals surface area contributed by atoms with Crippen LogP contribution in [-0.4, -0.2) is 17.0 Å². The first-order valence-electron chi connectivity index (χ1n) is 7.97. The standard InChI is InChI=1S/C19H21NO4/c1-11-10-24-15(7-16(21)22)17(11)18(23)20-14-5-4-12-8-19(2,3)9-13(12)6-14/h4-6,10H,7-9H2,1-3H3,(H,20,23)(H,21,22). The number of rotatable bonds is 4. The fourth-order valence-electron chi connectivity index (χ4n) is 3.40. The molecule has 0 saturated heterocycles. The molecule has 3 rings (SSSR count). The van der Waals surface area contributed by atoms with Gasteiger partial charge in [-0.2, -0.15) is 0 Å². The molecule has 24 heavy (non-hydrogen) atoms. The number of amides is 1. The lowest BCUT2D eigenvalue weighted by Crippen LogP contribution is -2.15. The van der Waals surface area contributed by atoms with Crippen LogP contribution in [0.5, 0.6) is 0 Å². The lowest BCUT2D eigenvalue weighted by Gasteiger charge is -2.14. The van der Waals surface area contributed by atoms with Crippen molar-refractivity contribution in [3.8, 4) is 0 Å². The Balaban J connectivity index is 1.82. The summed E-state index contributed by atoms with van der Waals surface area (Å²) in [6.07, 6.45) is 3.13.